The van der Waals surface area contributed by atoms with E-state index in [9.17, 15) is 4.79 Å². The largest absolute Gasteiger partial charge is 0.337 e. The maximum absolute atomic E-state index is 12.6. The molecule has 3 rings (SSSR count). The summed E-state index contributed by atoms with van der Waals surface area (Å²) in [4.78, 5) is 18.7. The molecule has 6 heteroatoms. The summed E-state index contributed by atoms with van der Waals surface area (Å²) in [6.07, 6.45) is 5.14. The average Bonchev–Trinajstić information content (AvgIpc) is 3.11. The van der Waals surface area contributed by atoms with Crippen molar-refractivity contribution in [2.24, 2.45) is 0 Å². The first-order valence-electron chi connectivity index (χ1n) is 8.41. The average molecular weight is 338 g/mol. The molecule has 1 aromatic heterocycles. The maximum Gasteiger partial charge on any atom is 0.246 e. The van der Waals surface area contributed by atoms with Crippen LogP contribution in [0.25, 0.3) is 11.4 Å². The topological polar surface area (TPSA) is 71.3 Å². The van der Waals surface area contributed by atoms with Crippen LogP contribution < -0.4 is 5.32 Å². The first-order valence-corrected chi connectivity index (χ1v) is 8.41. The van der Waals surface area contributed by atoms with Gasteiger partial charge in [0.1, 0.15) is 6.54 Å². The molecule has 0 radical (unpaired) electrons. The van der Waals surface area contributed by atoms with Gasteiger partial charge >= 0.3 is 0 Å². The van der Waals surface area contributed by atoms with Crippen LogP contribution in [-0.2, 0) is 11.3 Å². The Morgan fingerprint density at radius 2 is 2.20 bits per heavy atom. The van der Waals surface area contributed by atoms with E-state index in [1.807, 2.05) is 30.3 Å². The summed E-state index contributed by atoms with van der Waals surface area (Å²) in [5.74, 6) is 1.00. The molecule has 1 amide bonds. The van der Waals surface area contributed by atoms with E-state index < -0.39 is 0 Å². The smallest absolute Gasteiger partial charge is 0.246 e. The molecule has 0 saturated carbocycles. The molecule has 0 saturated heterocycles. The fourth-order valence-corrected chi connectivity index (χ4v) is 2.73. The minimum Gasteiger partial charge on any atom is -0.337 e. The molecular weight excluding hydrogens is 316 g/mol. The molecule has 1 aliphatic rings. The van der Waals surface area contributed by atoms with Crippen LogP contribution in [0.5, 0.6) is 0 Å². The first kappa shape index (κ1) is 17.1. The van der Waals surface area contributed by atoms with Gasteiger partial charge in [0.15, 0.2) is 0 Å². The van der Waals surface area contributed by atoms with Gasteiger partial charge in [0.2, 0.25) is 17.6 Å². The van der Waals surface area contributed by atoms with E-state index in [1.165, 1.54) is 5.57 Å². The van der Waals surface area contributed by atoms with Crippen molar-refractivity contribution in [3.8, 4) is 11.4 Å². The van der Waals surface area contributed by atoms with Crippen LogP contribution in [0.3, 0.4) is 0 Å². The fraction of sp³-hybridized carbons (Fsp3) is 0.316. The van der Waals surface area contributed by atoms with Crippen LogP contribution in [0.4, 0.5) is 0 Å². The third-order valence-electron chi connectivity index (χ3n) is 4.06. The van der Waals surface area contributed by atoms with Gasteiger partial charge in [0.25, 0.3) is 0 Å². The van der Waals surface area contributed by atoms with Crippen molar-refractivity contribution in [2.75, 3.05) is 19.6 Å². The first-order chi connectivity index (χ1) is 12.3. The fourth-order valence-electron chi connectivity index (χ4n) is 2.73. The van der Waals surface area contributed by atoms with Gasteiger partial charge in [-0.15, -0.1) is 6.58 Å². The Morgan fingerprint density at radius 1 is 1.36 bits per heavy atom. The van der Waals surface area contributed by atoms with Gasteiger partial charge < -0.3 is 14.7 Å². The summed E-state index contributed by atoms with van der Waals surface area (Å²) in [7, 11) is 0. The highest BCUT2D eigenvalue weighted by molar-refractivity contribution is 5.78. The van der Waals surface area contributed by atoms with Crippen LogP contribution in [0.15, 0.2) is 59.2 Å². The van der Waals surface area contributed by atoms with Crippen LogP contribution >= 0.6 is 0 Å². The standard InChI is InChI=1S/C19H22N4O2/c1-2-12-23(18(24)13-15-8-10-20-11-9-15)14-17-21-19(22-25-17)16-6-4-3-5-7-16/h2-8,20H,1,9-14H2. The quantitative estimate of drug-likeness (QED) is 0.786. The summed E-state index contributed by atoms with van der Waals surface area (Å²) in [5.41, 5.74) is 2.06. The summed E-state index contributed by atoms with van der Waals surface area (Å²) >= 11 is 0. The van der Waals surface area contributed by atoms with Crippen LogP contribution in [-0.4, -0.2) is 40.6 Å². The minimum absolute atomic E-state index is 0.0486. The Hall–Kier alpha value is -2.73. The number of hydrogen-bond donors (Lipinski definition) is 1. The molecule has 0 fully saturated rings. The molecule has 2 heterocycles. The van der Waals surface area contributed by atoms with Crippen LogP contribution in [0.2, 0.25) is 0 Å². The number of aromatic nitrogens is 2. The molecule has 130 valence electrons. The third kappa shape index (κ3) is 4.64. The van der Waals surface area contributed by atoms with Crippen LogP contribution in [0, 0.1) is 0 Å². The van der Waals surface area contributed by atoms with E-state index in [0.717, 1.165) is 25.1 Å². The predicted octanol–water partition coefficient (Wildman–Crippen LogP) is 2.56. The van der Waals surface area contributed by atoms with Crippen molar-refractivity contribution in [1.29, 1.82) is 0 Å². The zero-order valence-corrected chi connectivity index (χ0v) is 14.1. The lowest BCUT2D eigenvalue weighted by Gasteiger charge is -2.21. The molecule has 25 heavy (non-hydrogen) atoms. The second kappa shape index (κ2) is 8.39. The summed E-state index contributed by atoms with van der Waals surface area (Å²) < 4.78 is 5.32. The number of rotatable bonds is 7. The molecule has 0 unspecified atom stereocenters. The summed E-state index contributed by atoms with van der Waals surface area (Å²) in [6, 6.07) is 9.62. The number of amides is 1. The van der Waals surface area contributed by atoms with Gasteiger partial charge in [-0.05, 0) is 13.0 Å². The van der Waals surface area contributed by atoms with Gasteiger partial charge in [0.05, 0.1) is 0 Å². The number of nitrogens with zero attached hydrogens (tertiary/aromatic N) is 3. The zero-order valence-electron chi connectivity index (χ0n) is 14.1. The van der Waals surface area contributed by atoms with Crippen LogP contribution in [0.1, 0.15) is 18.7 Å². The molecular formula is C19H22N4O2. The van der Waals surface area contributed by atoms with Gasteiger partial charge in [-0.3, -0.25) is 4.79 Å². The third-order valence-corrected chi connectivity index (χ3v) is 4.06. The van der Waals surface area contributed by atoms with Gasteiger partial charge in [-0.1, -0.05) is 53.2 Å². The molecule has 6 nitrogen and oxygen atoms in total. The van der Waals surface area contributed by atoms with Crippen molar-refractivity contribution in [2.45, 2.75) is 19.4 Å². The SMILES string of the molecule is C=CCN(Cc1nc(-c2ccccc2)no1)C(=O)CC1=CCNCC1. The molecule has 1 aliphatic heterocycles. The predicted molar refractivity (Wildman–Crippen MR) is 95.5 cm³/mol. The molecule has 2 aromatic rings. The van der Waals surface area contributed by atoms with E-state index in [1.54, 1.807) is 11.0 Å². The van der Waals surface area contributed by atoms with E-state index in [2.05, 4.69) is 28.1 Å². The summed E-state index contributed by atoms with van der Waals surface area (Å²) in [5, 5.41) is 7.25. The number of benzene rings is 1. The van der Waals surface area contributed by atoms with Crippen molar-refractivity contribution in [1.82, 2.24) is 20.4 Å². The monoisotopic (exact) mass is 338 g/mol. The van der Waals surface area contributed by atoms with Gasteiger partial charge in [0, 0.05) is 25.1 Å². The molecule has 0 bridgehead atoms. The molecule has 0 aliphatic carbocycles. The highest BCUT2D eigenvalue weighted by atomic mass is 16.5. The van der Waals surface area contributed by atoms with Gasteiger partial charge in [-0.2, -0.15) is 4.98 Å². The Bertz CT molecular complexity index is 752. The Morgan fingerprint density at radius 3 is 2.92 bits per heavy atom. The van der Waals surface area contributed by atoms with Gasteiger partial charge in [-0.25, -0.2) is 0 Å². The lowest BCUT2D eigenvalue weighted by Crippen LogP contribution is -2.32. The van der Waals surface area contributed by atoms with E-state index >= 15 is 0 Å². The highest BCUT2D eigenvalue weighted by Crippen LogP contribution is 2.17. The number of nitrogens with one attached hydrogen (secondary N) is 1. The lowest BCUT2D eigenvalue weighted by molar-refractivity contribution is -0.130. The second-order valence-corrected chi connectivity index (χ2v) is 5.93. The second-order valence-electron chi connectivity index (χ2n) is 5.93. The molecule has 1 N–H and O–H groups in total. The van der Waals surface area contributed by atoms with Crippen molar-refractivity contribution < 1.29 is 9.32 Å². The van der Waals surface area contributed by atoms with Crippen molar-refractivity contribution >= 4 is 5.91 Å². The number of carbonyl (C=O) groups excluding carboxylic acids is 1. The molecule has 0 spiro atoms. The lowest BCUT2D eigenvalue weighted by atomic mass is 10.1. The number of hydrogen-bond acceptors (Lipinski definition) is 5. The van der Waals surface area contributed by atoms with E-state index in [0.29, 0.717) is 24.7 Å². The molecule has 0 atom stereocenters. The zero-order chi connectivity index (χ0) is 17.5. The Balaban J connectivity index is 1.67. The summed E-state index contributed by atoms with van der Waals surface area (Å²) in [6.45, 7) is 6.23. The highest BCUT2D eigenvalue weighted by Gasteiger charge is 2.19. The Labute approximate surface area is 147 Å². The minimum atomic E-state index is 0.0486. The van der Waals surface area contributed by atoms with Crippen molar-refractivity contribution in [3.05, 3.63) is 60.5 Å². The number of carbonyl (C=O) groups is 1. The maximum atomic E-state index is 12.6. The molecule has 1 aromatic carbocycles. The van der Waals surface area contributed by atoms with E-state index in [-0.39, 0.29) is 12.5 Å². The normalized spacial score (nSPS) is 14.0. The van der Waals surface area contributed by atoms with E-state index in [4.69, 9.17) is 4.52 Å². The Kier molecular flexibility index (Phi) is 5.74. The van der Waals surface area contributed by atoms with Crippen molar-refractivity contribution in [3.63, 3.8) is 0 Å².